The quantitative estimate of drug-likeness (QED) is 0.348. The van der Waals surface area contributed by atoms with Crippen molar-refractivity contribution in [1.29, 1.82) is 0 Å². The van der Waals surface area contributed by atoms with E-state index in [0.29, 0.717) is 0 Å². The van der Waals surface area contributed by atoms with Crippen LogP contribution in [0.4, 0.5) is 0 Å². The minimum absolute atomic E-state index is 0.0399. The van der Waals surface area contributed by atoms with E-state index >= 15 is 0 Å². The highest BCUT2D eigenvalue weighted by Gasteiger charge is 2.46. The number of ether oxygens (including phenoxy) is 4. The first-order valence-corrected chi connectivity index (χ1v) is 6.99. The smallest absolute Gasteiger partial charge is 0.339 e. The Morgan fingerprint density at radius 1 is 0.818 bits per heavy atom. The molecule has 0 saturated carbocycles. The molecule has 0 amide bonds. The minimum Gasteiger partial charge on any atom is -0.466 e. The fourth-order valence-electron chi connectivity index (χ4n) is 1.78. The Morgan fingerprint density at radius 3 is 1.82 bits per heavy atom. The Kier molecular flexibility index (Phi) is 9.00. The lowest BCUT2D eigenvalue weighted by Crippen LogP contribution is -2.47. The molecule has 1 unspecified atom stereocenters. The fourth-order valence-corrected chi connectivity index (χ4v) is 1.78. The van der Waals surface area contributed by atoms with Crippen LogP contribution in [0.2, 0.25) is 0 Å². The molecule has 126 valence electrons. The van der Waals surface area contributed by atoms with Gasteiger partial charge in [-0.05, 0) is 20.8 Å². The molecule has 8 nitrogen and oxygen atoms in total. The molecule has 0 aliphatic rings. The lowest BCUT2D eigenvalue weighted by Gasteiger charge is -2.29. The summed E-state index contributed by atoms with van der Waals surface area (Å²) in [5, 5.41) is 0. The summed E-state index contributed by atoms with van der Waals surface area (Å²) in [7, 11) is 0. The molecule has 0 radical (unpaired) electrons. The minimum atomic E-state index is -1.87. The van der Waals surface area contributed by atoms with E-state index in [1.165, 1.54) is 0 Å². The predicted octanol–water partition coefficient (Wildman–Crippen LogP) is 0.758. The van der Waals surface area contributed by atoms with Crippen LogP contribution in [0, 0.1) is 0 Å². The van der Waals surface area contributed by atoms with Crippen molar-refractivity contribution in [3.8, 4) is 0 Å². The lowest BCUT2D eigenvalue weighted by atomic mass is 9.95. The van der Waals surface area contributed by atoms with E-state index in [1.54, 1.807) is 20.8 Å². The molecule has 0 aromatic rings. The van der Waals surface area contributed by atoms with Crippen molar-refractivity contribution >= 4 is 23.9 Å². The topological polar surface area (TPSA) is 105 Å². The van der Waals surface area contributed by atoms with Crippen LogP contribution in [0.1, 0.15) is 40.5 Å². The number of rotatable bonds is 9. The van der Waals surface area contributed by atoms with E-state index in [-0.39, 0.29) is 19.8 Å². The Labute approximate surface area is 129 Å². The van der Waals surface area contributed by atoms with Crippen LogP contribution in [0.5, 0.6) is 0 Å². The van der Waals surface area contributed by atoms with Gasteiger partial charge in [-0.1, -0.05) is 0 Å². The Bertz CT molecular complexity index is 417. The van der Waals surface area contributed by atoms with Gasteiger partial charge in [0, 0.05) is 13.5 Å². The Hall–Kier alpha value is -1.96. The summed E-state index contributed by atoms with van der Waals surface area (Å²) in [6.45, 7) is 6.03. The zero-order valence-electron chi connectivity index (χ0n) is 13.3. The van der Waals surface area contributed by atoms with Gasteiger partial charge in [0.25, 0.3) is 0 Å². The van der Waals surface area contributed by atoms with Gasteiger partial charge in [0.1, 0.15) is 0 Å². The lowest BCUT2D eigenvalue weighted by molar-refractivity contribution is -0.185. The van der Waals surface area contributed by atoms with Crippen molar-refractivity contribution in [3.63, 3.8) is 0 Å². The van der Waals surface area contributed by atoms with E-state index in [1.807, 2.05) is 0 Å². The van der Waals surface area contributed by atoms with E-state index in [9.17, 15) is 19.2 Å². The molecule has 0 heterocycles. The van der Waals surface area contributed by atoms with Gasteiger partial charge in [-0.3, -0.25) is 14.4 Å². The summed E-state index contributed by atoms with van der Waals surface area (Å²) in [5.74, 6) is -3.42. The molecular formula is C14H22O8. The van der Waals surface area contributed by atoms with Gasteiger partial charge in [-0.25, -0.2) is 4.79 Å². The Balaban J connectivity index is 5.35. The Morgan fingerprint density at radius 2 is 1.36 bits per heavy atom. The third kappa shape index (κ3) is 6.66. The summed E-state index contributed by atoms with van der Waals surface area (Å²) in [6, 6.07) is 0. The van der Waals surface area contributed by atoms with E-state index in [4.69, 9.17) is 14.2 Å². The normalized spacial score (nSPS) is 12.9. The number of hydrogen-bond acceptors (Lipinski definition) is 8. The van der Waals surface area contributed by atoms with Gasteiger partial charge in [-0.2, -0.15) is 0 Å². The highest BCUT2D eigenvalue weighted by molar-refractivity contribution is 5.93. The summed E-state index contributed by atoms with van der Waals surface area (Å²) >= 11 is 0. The molecule has 8 heteroatoms. The molecule has 0 aromatic heterocycles. The van der Waals surface area contributed by atoms with Crippen LogP contribution >= 0.6 is 0 Å². The highest BCUT2D eigenvalue weighted by atomic mass is 16.6. The fraction of sp³-hybridized carbons (Fsp3) is 0.714. The maximum Gasteiger partial charge on any atom is 0.339 e. The molecule has 0 aliphatic carbocycles. The standard InChI is InChI=1S/C14H22O8/c1-5-19-11(16)8-14(21-7-3,13(18)20-6-2)9-12(17)22-10(4)15/h5-9H2,1-4H3. The van der Waals surface area contributed by atoms with E-state index in [2.05, 4.69) is 4.74 Å². The van der Waals surface area contributed by atoms with Crippen LogP contribution in [0.25, 0.3) is 0 Å². The van der Waals surface area contributed by atoms with Crippen LogP contribution in [-0.2, 0) is 38.1 Å². The van der Waals surface area contributed by atoms with E-state index < -0.39 is 42.3 Å². The first-order chi connectivity index (χ1) is 10.3. The zero-order chi connectivity index (χ0) is 17.2. The molecule has 0 N–H and O–H groups in total. The van der Waals surface area contributed by atoms with Gasteiger partial charge in [0.2, 0.25) is 0 Å². The second kappa shape index (κ2) is 9.88. The number of carbonyl (C=O) groups is 4. The average Bonchev–Trinajstić information content (AvgIpc) is 2.38. The third-order valence-corrected chi connectivity index (χ3v) is 2.49. The first kappa shape index (κ1) is 20.0. The molecule has 0 bridgehead atoms. The van der Waals surface area contributed by atoms with Gasteiger partial charge in [0.15, 0.2) is 5.60 Å². The van der Waals surface area contributed by atoms with E-state index in [0.717, 1.165) is 6.92 Å². The van der Waals surface area contributed by atoms with Gasteiger partial charge < -0.3 is 18.9 Å². The summed E-state index contributed by atoms with van der Waals surface area (Å²) in [6.07, 6.45) is -1.14. The van der Waals surface area contributed by atoms with Crippen molar-refractivity contribution < 1.29 is 38.1 Å². The molecule has 1 atom stereocenters. The molecule has 0 saturated heterocycles. The summed E-state index contributed by atoms with van der Waals surface area (Å²) in [4.78, 5) is 46.4. The zero-order valence-corrected chi connectivity index (χ0v) is 13.3. The van der Waals surface area contributed by atoms with Gasteiger partial charge in [0.05, 0.1) is 26.1 Å². The second-order valence-corrected chi connectivity index (χ2v) is 4.27. The monoisotopic (exact) mass is 318 g/mol. The first-order valence-electron chi connectivity index (χ1n) is 6.99. The van der Waals surface area contributed by atoms with Crippen molar-refractivity contribution in [3.05, 3.63) is 0 Å². The molecule has 0 aliphatic heterocycles. The molecule has 0 aromatic carbocycles. The number of hydrogen-bond donors (Lipinski definition) is 0. The highest BCUT2D eigenvalue weighted by Crippen LogP contribution is 2.25. The van der Waals surface area contributed by atoms with Crippen molar-refractivity contribution in [1.82, 2.24) is 0 Å². The molecule has 0 spiro atoms. The molecular weight excluding hydrogens is 296 g/mol. The van der Waals surface area contributed by atoms with Crippen LogP contribution in [0.3, 0.4) is 0 Å². The van der Waals surface area contributed by atoms with Crippen LogP contribution < -0.4 is 0 Å². The average molecular weight is 318 g/mol. The maximum absolute atomic E-state index is 12.2. The number of esters is 4. The third-order valence-electron chi connectivity index (χ3n) is 2.49. The SMILES string of the molecule is CCOC(=O)CC(CC(=O)OC(C)=O)(OCC)C(=O)OCC. The number of carbonyl (C=O) groups excluding carboxylic acids is 4. The van der Waals surface area contributed by atoms with Crippen molar-refractivity contribution in [2.45, 2.75) is 46.1 Å². The predicted molar refractivity (Wildman–Crippen MR) is 73.6 cm³/mol. The second-order valence-electron chi connectivity index (χ2n) is 4.27. The maximum atomic E-state index is 12.2. The summed E-state index contributed by atoms with van der Waals surface area (Å²) < 4.78 is 19.4. The van der Waals surface area contributed by atoms with Crippen LogP contribution in [0.15, 0.2) is 0 Å². The van der Waals surface area contributed by atoms with Gasteiger partial charge >= 0.3 is 23.9 Å². The van der Waals surface area contributed by atoms with Crippen LogP contribution in [-0.4, -0.2) is 49.3 Å². The van der Waals surface area contributed by atoms with Crippen molar-refractivity contribution in [2.24, 2.45) is 0 Å². The largest absolute Gasteiger partial charge is 0.466 e. The van der Waals surface area contributed by atoms with Gasteiger partial charge in [-0.15, -0.1) is 0 Å². The molecule has 0 fully saturated rings. The molecule has 0 rings (SSSR count). The van der Waals surface area contributed by atoms with Crippen molar-refractivity contribution in [2.75, 3.05) is 19.8 Å². The molecule has 22 heavy (non-hydrogen) atoms. The summed E-state index contributed by atoms with van der Waals surface area (Å²) in [5.41, 5.74) is -1.87.